The molecule has 0 radical (unpaired) electrons. The van der Waals surface area contributed by atoms with Crippen LogP contribution in [0.5, 0.6) is 0 Å². The molecule has 178 valence electrons. The number of nitrogens with one attached hydrogen (secondary N) is 2. The van der Waals surface area contributed by atoms with Gasteiger partial charge in [0.15, 0.2) is 6.10 Å². The maximum Gasteiger partial charge on any atom is 0.407 e. The zero-order valence-electron chi connectivity index (χ0n) is 18.7. The topological polar surface area (TPSA) is 114 Å². The summed E-state index contributed by atoms with van der Waals surface area (Å²) in [5.74, 6) is -1.60. The van der Waals surface area contributed by atoms with Gasteiger partial charge in [0.2, 0.25) is 5.91 Å². The van der Waals surface area contributed by atoms with Crippen LogP contribution in [0.2, 0.25) is 0 Å². The second-order valence-electron chi connectivity index (χ2n) is 9.21. The van der Waals surface area contributed by atoms with Gasteiger partial charge < -0.3 is 25.2 Å². The van der Waals surface area contributed by atoms with Gasteiger partial charge in [-0.25, -0.2) is 9.59 Å². The van der Waals surface area contributed by atoms with Crippen LogP contribution in [-0.4, -0.2) is 55.0 Å². The molecule has 2 aromatic rings. The van der Waals surface area contributed by atoms with Gasteiger partial charge in [0, 0.05) is 25.0 Å². The van der Waals surface area contributed by atoms with Crippen LogP contribution in [0.15, 0.2) is 48.5 Å². The zero-order valence-corrected chi connectivity index (χ0v) is 18.7. The van der Waals surface area contributed by atoms with Gasteiger partial charge in [0.1, 0.15) is 12.6 Å². The molecule has 3 aliphatic rings. The van der Waals surface area contributed by atoms with Gasteiger partial charge in [-0.1, -0.05) is 48.5 Å². The Balaban J connectivity index is 1.18. The highest BCUT2D eigenvalue weighted by molar-refractivity contribution is 5.86. The van der Waals surface area contributed by atoms with Crippen LogP contribution >= 0.6 is 0 Å². The molecule has 3 unspecified atom stereocenters. The quantitative estimate of drug-likeness (QED) is 0.554. The molecule has 3 N–H and O–H groups in total. The number of aliphatic carboxylic acids is 1. The number of ether oxygens (including phenoxy) is 2. The third kappa shape index (κ3) is 4.50. The minimum absolute atomic E-state index is 0.0540. The number of carboxylic acid groups (broad SMARTS) is 1. The van der Waals surface area contributed by atoms with E-state index >= 15 is 0 Å². The molecule has 0 spiro atoms. The van der Waals surface area contributed by atoms with Crippen LogP contribution in [0.4, 0.5) is 4.79 Å². The minimum atomic E-state index is -1.02. The lowest BCUT2D eigenvalue weighted by atomic mass is 9.98. The Morgan fingerprint density at radius 2 is 1.65 bits per heavy atom. The van der Waals surface area contributed by atoms with Gasteiger partial charge in [-0.2, -0.15) is 0 Å². The molecular weight excluding hydrogens is 436 g/mol. The van der Waals surface area contributed by atoms with Crippen molar-refractivity contribution < 1.29 is 29.0 Å². The third-order valence-corrected chi connectivity index (χ3v) is 6.99. The lowest BCUT2D eigenvalue weighted by Gasteiger charge is -2.21. The van der Waals surface area contributed by atoms with Crippen molar-refractivity contribution in [3.8, 4) is 11.1 Å². The summed E-state index contributed by atoms with van der Waals surface area (Å²) >= 11 is 0. The normalized spacial score (nSPS) is 21.9. The van der Waals surface area contributed by atoms with Gasteiger partial charge in [0.05, 0.1) is 0 Å². The highest BCUT2D eigenvalue weighted by atomic mass is 16.5. The van der Waals surface area contributed by atoms with Gasteiger partial charge >= 0.3 is 12.1 Å². The molecule has 2 aromatic carbocycles. The minimum Gasteiger partial charge on any atom is -0.479 e. The van der Waals surface area contributed by atoms with Gasteiger partial charge in [-0.05, 0) is 47.4 Å². The van der Waals surface area contributed by atoms with Crippen molar-refractivity contribution in [3.05, 3.63) is 59.7 Å². The molecule has 1 saturated carbocycles. The lowest BCUT2D eigenvalue weighted by Crippen LogP contribution is -2.50. The van der Waals surface area contributed by atoms with E-state index < -0.39 is 24.2 Å². The van der Waals surface area contributed by atoms with Crippen LogP contribution in [0.1, 0.15) is 36.3 Å². The number of alkyl carbamates (subject to hydrolysis) is 1. The summed E-state index contributed by atoms with van der Waals surface area (Å²) in [4.78, 5) is 36.8. The first-order valence-electron chi connectivity index (χ1n) is 11.8. The molecule has 2 fully saturated rings. The molecule has 5 rings (SSSR count). The summed E-state index contributed by atoms with van der Waals surface area (Å²) in [5.41, 5.74) is 4.55. The fraction of sp³-hybridized carbons (Fsp3) is 0.423. The first kappa shape index (κ1) is 22.4. The molecule has 0 aromatic heterocycles. The largest absolute Gasteiger partial charge is 0.479 e. The van der Waals surface area contributed by atoms with Gasteiger partial charge in [-0.15, -0.1) is 0 Å². The molecular formula is C26H28N2O6. The number of hydrogen-bond acceptors (Lipinski definition) is 5. The van der Waals surface area contributed by atoms with E-state index in [2.05, 4.69) is 34.9 Å². The lowest BCUT2D eigenvalue weighted by molar-refractivity contribution is -0.149. The molecule has 1 aliphatic heterocycles. The second-order valence-corrected chi connectivity index (χ2v) is 9.21. The first-order chi connectivity index (χ1) is 16.5. The fourth-order valence-electron chi connectivity index (χ4n) is 5.05. The van der Waals surface area contributed by atoms with Crippen LogP contribution in [0, 0.1) is 11.8 Å². The Morgan fingerprint density at radius 3 is 2.26 bits per heavy atom. The Kier molecular flexibility index (Phi) is 6.24. The number of amides is 2. The monoisotopic (exact) mass is 464 g/mol. The third-order valence-electron chi connectivity index (χ3n) is 6.99. The standard InChI is InChI=1S/C26H28N2O6/c29-24(27-13-16-11-12-33-23(16)25(30)31)22(15-9-10-15)28-26(32)34-14-21-19-7-3-1-5-17(19)18-6-2-4-8-20(18)21/h1-8,15-16,21-23H,9-14H2,(H,27,29)(H,28,32)(H,30,31). The number of carbonyl (C=O) groups is 3. The van der Waals surface area contributed by atoms with E-state index in [-0.39, 0.29) is 36.8 Å². The maximum absolute atomic E-state index is 12.8. The molecule has 1 heterocycles. The van der Waals surface area contributed by atoms with Crippen molar-refractivity contribution in [2.75, 3.05) is 19.8 Å². The van der Waals surface area contributed by atoms with Crippen molar-refractivity contribution >= 4 is 18.0 Å². The first-order valence-corrected chi connectivity index (χ1v) is 11.8. The number of fused-ring (bicyclic) bond motifs is 3. The van der Waals surface area contributed by atoms with Crippen molar-refractivity contribution in [1.29, 1.82) is 0 Å². The molecule has 2 aliphatic carbocycles. The van der Waals surface area contributed by atoms with Crippen molar-refractivity contribution in [1.82, 2.24) is 10.6 Å². The molecule has 34 heavy (non-hydrogen) atoms. The van der Waals surface area contributed by atoms with Crippen LogP contribution in [-0.2, 0) is 19.1 Å². The van der Waals surface area contributed by atoms with E-state index in [1.54, 1.807) is 0 Å². The summed E-state index contributed by atoms with van der Waals surface area (Å²) in [6.45, 7) is 0.742. The summed E-state index contributed by atoms with van der Waals surface area (Å²) in [6.07, 6.45) is 0.750. The fourth-order valence-corrected chi connectivity index (χ4v) is 5.05. The summed E-state index contributed by atoms with van der Waals surface area (Å²) < 4.78 is 10.8. The average Bonchev–Trinajstić information content (AvgIpc) is 3.48. The highest BCUT2D eigenvalue weighted by Crippen LogP contribution is 2.44. The number of carboxylic acids is 1. The predicted octanol–water partition coefficient (Wildman–Crippen LogP) is 2.91. The van der Waals surface area contributed by atoms with E-state index in [0.29, 0.717) is 13.0 Å². The smallest absolute Gasteiger partial charge is 0.407 e. The molecule has 8 heteroatoms. The van der Waals surface area contributed by atoms with Crippen LogP contribution in [0.3, 0.4) is 0 Å². The number of rotatable bonds is 8. The Bertz CT molecular complexity index is 1050. The maximum atomic E-state index is 12.8. The zero-order chi connectivity index (χ0) is 23.7. The highest BCUT2D eigenvalue weighted by Gasteiger charge is 2.39. The predicted molar refractivity (Wildman–Crippen MR) is 123 cm³/mol. The molecule has 3 atom stereocenters. The molecule has 1 saturated heterocycles. The molecule has 8 nitrogen and oxygen atoms in total. The number of hydrogen-bond donors (Lipinski definition) is 3. The summed E-state index contributed by atoms with van der Waals surface area (Å²) in [7, 11) is 0. The van der Waals surface area contributed by atoms with E-state index in [0.717, 1.165) is 35.1 Å². The van der Waals surface area contributed by atoms with Gasteiger partial charge in [-0.3, -0.25) is 4.79 Å². The van der Waals surface area contributed by atoms with Crippen LogP contribution in [0.25, 0.3) is 11.1 Å². The summed E-state index contributed by atoms with van der Waals surface area (Å²) in [6, 6.07) is 15.5. The Morgan fingerprint density at radius 1 is 1.00 bits per heavy atom. The van der Waals surface area contributed by atoms with Crippen molar-refractivity contribution in [2.24, 2.45) is 11.8 Å². The van der Waals surface area contributed by atoms with E-state index in [9.17, 15) is 19.5 Å². The average molecular weight is 465 g/mol. The van der Waals surface area contributed by atoms with Crippen molar-refractivity contribution in [3.63, 3.8) is 0 Å². The van der Waals surface area contributed by atoms with Crippen LogP contribution < -0.4 is 10.6 Å². The number of benzene rings is 2. The molecule has 2 amide bonds. The van der Waals surface area contributed by atoms with E-state index in [4.69, 9.17) is 9.47 Å². The molecule has 0 bridgehead atoms. The van der Waals surface area contributed by atoms with E-state index in [1.165, 1.54) is 0 Å². The SMILES string of the molecule is O=C(NC(C(=O)NCC1CCOC1C(=O)O)C1CC1)OCC1c2ccccc2-c2ccccc21. The summed E-state index contributed by atoms with van der Waals surface area (Å²) in [5, 5.41) is 14.8. The van der Waals surface area contributed by atoms with Crippen molar-refractivity contribution in [2.45, 2.75) is 37.3 Å². The second kappa shape index (κ2) is 9.46. The Labute approximate surface area is 197 Å². The number of carbonyl (C=O) groups excluding carboxylic acids is 2. The Hall–Kier alpha value is -3.39. The van der Waals surface area contributed by atoms with Gasteiger partial charge in [0.25, 0.3) is 0 Å². The van der Waals surface area contributed by atoms with E-state index in [1.807, 2.05) is 24.3 Å².